The summed E-state index contributed by atoms with van der Waals surface area (Å²) in [4.78, 5) is 11.2. The maximum absolute atomic E-state index is 11.2. The van der Waals surface area contributed by atoms with E-state index in [0.29, 0.717) is 6.04 Å². The first kappa shape index (κ1) is 10.2. The van der Waals surface area contributed by atoms with Gasteiger partial charge in [-0.25, -0.2) is 0 Å². The van der Waals surface area contributed by atoms with Crippen molar-refractivity contribution in [1.29, 1.82) is 0 Å². The Morgan fingerprint density at radius 2 is 2.40 bits per heavy atom. The van der Waals surface area contributed by atoms with Gasteiger partial charge < -0.3 is 5.73 Å². The summed E-state index contributed by atoms with van der Waals surface area (Å²) < 4.78 is 2.00. The Balaban J connectivity index is 2.30. The topological polar surface area (TPSA) is 60.9 Å². The van der Waals surface area contributed by atoms with Gasteiger partial charge in [-0.05, 0) is 32.3 Å². The highest BCUT2D eigenvalue weighted by Gasteiger charge is 2.26. The molecular weight excluding hydrogens is 190 g/mol. The Kier molecular flexibility index (Phi) is 2.50. The Labute approximate surface area is 89.5 Å². The summed E-state index contributed by atoms with van der Waals surface area (Å²) in [6.45, 7) is 4.20. The number of carbonyl (C=O) groups is 1. The van der Waals surface area contributed by atoms with E-state index in [1.165, 1.54) is 11.3 Å². The molecule has 82 valence electrons. The van der Waals surface area contributed by atoms with Crippen LogP contribution in [-0.4, -0.2) is 15.7 Å². The minimum atomic E-state index is -0.183. The highest BCUT2D eigenvalue weighted by atomic mass is 16.1. The first-order valence-corrected chi connectivity index (χ1v) is 5.44. The van der Waals surface area contributed by atoms with E-state index < -0.39 is 0 Å². The summed E-state index contributed by atoms with van der Waals surface area (Å²) in [5.74, 6) is -0.191. The van der Waals surface area contributed by atoms with E-state index in [4.69, 9.17) is 5.73 Å². The van der Waals surface area contributed by atoms with Crippen LogP contribution >= 0.6 is 0 Å². The average Bonchev–Trinajstić information content (AvgIpc) is 2.59. The van der Waals surface area contributed by atoms with Crippen LogP contribution in [0.25, 0.3) is 0 Å². The van der Waals surface area contributed by atoms with Crippen molar-refractivity contribution >= 4 is 5.91 Å². The average molecular weight is 207 g/mol. The van der Waals surface area contributed by atoms with Gasteiger partial charge in [0.25, 0.3) is 0 Å². The maximum atomic E-state index is 11.2. The fourth-order valence-corrected chi connectivity index (χ4v) is 2.21. The predicted molar refractivity (Wildman–Crippen MR) is 57.3 cm³/mol. The first-order valence-electron chi connectivity index (χ1n) is 5.44. The molecule has 0 saturated carbocycles. The van der Waals surface area contributed by atoms with Gasteiger partial charge in [0.1, 0.15) is 0 Å². The van der Waals surface area contributed by atoms with E-state index in [9.17, 15) is 4.79 Å². The van der Waals surface area contributed by atoms with E-state index in [-0.39, 0.29) is 11.8 Å². The molecule has 1 aliphatic rings. The lowest BCUT2D eigenvalue weighted by Gasteiger charge is -2.21. The van der Waals surface area contributed by atoms with Crippen molar-refractivity contribution < 1.29 is 4.79 Å². The van der Waals surface area contributed by atoms with Gasteiger partial charge in [-0.3, -0.25) is 9.48 Å². The largest absolute Gasteiger partial charge is 0.369 e. The number of nitrogens with zero attached hydrogens (tertiary/aromatic N) is 2. The highest BCUT2D eigenvalue weighted by Crippen LogP contribution is 2.26. The normalized spacial score (nSPS) is 20.3. The predicted octanol–water partition coefficient (Wildman–Crippen LogP) is 1.05. The van der Waals surface area contributed by atoms with Crippen molar-refractivity contribution in [3.8, 4) is 0 Å². The smallest absolute Gasteiger partial charge is 0.220 e. The number of hydrogen-bond acceptors (Lipinski definition) is 2. The zero-order valence-corrected chi connectivity index (χ0v) is 9.23. The summed E-state index contributed by atoms with van der Waals surface area (Å²) in [6.07, 6.45) is 4.47. The van der Waals surface area contributed by atoms with Gasteiger partial charge in [0.05, 0.1) is 6.20 Å². The lowest BCUT2D eigenvalue weighted by molar-refractivity contribution is -0.122. The van der Waals surface area contributed by atoms with Crippen molar-refractivity contribution in [1.82, 2.24) is 9.78 Å². The first-order chi connectivity index (χ1) is 7.09. The third-order valence-corrected chi connectivity index (χ3v) is 3.08. The number of hydrogen-bond donors (Lipinski definition) is 1. The number of carbonyl (C=O) groups excluding carboxylic acids is 1. The number of nitrogens with two attached hydrogens (primary N) is 1. The second-order valence-corrected chi connectivity index (χ2v) is 4.50. The molecule has 4 nitrogen and oxygen atoms in total. The molecule has 1 amide bonds. The second-order valence-electron chi connectivity index (χ2n) is 4.50. The maximum Gasteiger partial charge on any atom is 0.220 e. The van der Waals surface area contributed by atoms with Gasteiger partial charge in [0, 0.05) is 24.1 Å². The van der Waals surface area contributed by atoms with Gasteiger partial charge in [0.2, 0.25) is 5.91 Å². The van der Waals surface area contributed by atoms with E-state index in [1.54, 1.807) is 0 Å². The fraction of sp³-hybridized carbons (Fsp3) is 0.636. The molecule has 4 heteroatoms. The molecule has 0 fully saturated rings. The number of aryl methyl sites for hydroxylation is 1. The molecule has 1 aromatic rings. The Morgan fingerprint density at radius 3 is 3.00 bits per heavy atom. The van der Waals surface area contributed by atoms with Crippen LogP contribution in [0.2, 0.25) is 0 Å². The molecule has 0 aliphatic heterocycles. The highest BCUT2D eigenvalue weighted by molar-refractivity contribution is 5.77. The quantitative estimate of drug-likeness (QED) is 0.788. The minimum Gasteiger partial charge on any atom is -0.369 e. The third kappa shape index (κ3) is 1.76. The van der Waals surface area contributed by atoms with Crippen LogP contribution in [0.1, 0.15) is 37.6 Å². The molecular formula is C11H17N3O. The zero-order chi connectivity index (χ0) is 11.0. The molecule has 0 bridgehead atoms. The standard InChI is InChI=1S/C11H17N3O/c1-7(2)14-10-5-8(11(12)15)3-4-9(10)6-13-14/h6-8H,3-5H2,1-2H3,(H2,12,15). The Bertz CT molecular complexity index is 381. The van der Waals surface area contributed by atoms with Crippen LogP contribution in [0.3, 0.4) is 0 Å². The molecule has 1 heterocycles. The Morgan fingerprint density at radius 1 is 1.67 bits per heavy atom. The molecule has 0 radical (unpaired) electrons. The van der Waals surface area contributed by atoms with E-state index >= 15 is 0 Å². The molecule has 0 aromatic carbocycles. The van der Waals surface area contributed by atoms with Crippen LogP contribution in [0.15, 0.2) is 6.20 Å². The molecule has 15 heavy (non-hydrogen) atoms. The monoisotopic (exact) mass is 207 g/mol. The zero-order valence-electron chi connectivity index (χ0n) is 9.23. The van der Waals surface area contributed by atoms with Crippen molar-refractivity contribution in [3.05, 3.63) is 17.5 Å². The lowest BCUT2D eigenvalue weighted by Crippen LogP contribution is -2.29. The van der Waals surface area contributed by atoms with Crippen LogP contribution in [-0.2, 0) is 17.6 Å². The Hall–Kier alpha value is -1.32. The number of primary amides is 1. The summed E-state index contributed by atoms with van der Waals surface area (Å²) in [6, 6.07) is 0.348. The van der Waals surface area contributed by atoms with Gasteiger partial charge >= 0.3 is 0 Å². The molecule has 1 aromatic heterocycles. The molecule has 1 aliphatic carbocycles. The van der Waals surface area contributed by atoms with Gasteiger partial charge in [-0.1, -0.05) is 0 Å². The second kappa shape index (κ2) is 3.68. The minimum absolute atomic E-state index is 0.00769. The molecule has 1 unspecified atom stereocenters. The van der Waals surface area contributed by atoms with Crippen LogP contribution in [0, 0.1) is 5.92 Å². The molecule has 0 spiro atoms. The molecule has 2 rings (SSSR count). The summed E-state index contributed by atoms with van der Waals surface area (Å²) in [5, 5.41) is 4.36. The molecule has 1 atom stereocenters. The van der Waals surface area contributed by atoms with Crippen molar-refractivity contribution in [2.24, 2.45) is 11.7 Å². The number of aromatic nitrogens is 2. The van der Waals surface area contributed by atoms with E-state index in [0.717, 1.165) is 19.3 Å². The fourth-order valence-electron chi connectivity index (χ4n) is 2.21. The van der Waals surface area contributed by atoms with Crippen molar-refractivity contribution in [2.45, 2.75) is 39.2 Å². The van der Waals surface area contributed by atoms with Gasteiger partial charge in [-0.2, -0.15) is 5.10 Å². The number of amides is 1. The van der Waals surface area contributed by atoms with E-state index in [1.807, 2.05) is 10.9 Å². The van der Waals surface area contributed by atoms with Crippen LogP contribution in [0.5, 0.6) is 0 Å². The molecule has 2 N–H and O–H groups in total. The lowest BCUT2D eigenvalue weighted by atomic mass is 9.87. The van der Waals surface area contributed by atoms with E-state index in [2.05, 4.69) is 18.9 Å². The summed E-state index contributed by atoms with van der Waals surface area (Å²) in [7, 11) is 0. The summed E-state index contributed by atoms with van der Waals surface area (Å²) in [5.41, 5.74) is 7.82. The van der Waals surface area contributed by atoms with Crippen LogP contribution < -0.4 is 5.73 Å². The van der Waals surface area contributed by atoms with Crippen molar-refractivity contribution in [3.63, 3.8) is 0 Å². The number of fused-ring (bicyclic) bond motifs is 1. The SMILES string of the molecule is CC(C)n1ncc2c1CC(C(N)=O)CC2. The van der Waals surface area contributed by atoms with Crippen molar-refractivity contribution in [2.75, 3.05) is 0 Å². The van der Waals surface area contributed by atoms with Gasteiger partial charge in [-0.15, -0.1) is 0 Å². The van der Waals surface area contributed by atoms with Crippen LogP contribution in [0.4, 0.5) is 0 Å². The molecule has 0 saturated heterocycles. The summed E-state index contributed by atoms with van der Waals surface area (Å²) >= 11 is 0. The van der Waals surface area contributed by atoms with Gasteiger partial charge in [0.15, 0.2) is 0 Å². The number of rotatable bonds is 2. The third-order valence-electron chi connectivity index (χ3n) is 3.08.